The van der Waals surface area contributed by atoms with Crippen LogP contribution in [0, 0.1) is 0 Å². The van der Waals surface area contributed by atoms with Gasteiger partial charge in [-0.1, -0.05) is 35.0 Å². The molecule has 2 aromatic carbocycles. The van der Waals surface area contributed by atoms with E-state index in [1.54, 1.807) is 35.7 Å². The van der Waals surface area contributed by atoms with Crippen LogP contribution in [0.1, 0.15) is 10.4 Å². The monoisotopic (exact) mass is 308 g/mol. The van der Waals surface area contributed by atoms with Crippen LogP contribution in [-0.4, -0.2) is 5.78 Å². The predicted molar refractivity (Wildman–Crippen MR) is 82.2 cm³/mol. The number of hydrogen-bond acceptors (Lipinski definition) is 2. The van der Waals surface area contributed by atoms with E-state index >= 15 is 0 Å². The van der Waals surface area contributed by atoms with E-state index in [1.165, 1.54) is 11.8 Å². The van der Waals surface area contributed by atoms with Gasteiger partial charge in [-0.25, -0.2) is 0 Å². The van der Waals surface area contributed by atoms with Crippen LogP contribution in [0.3, 0.4) is 0 Å². The Balaban J connectivity index is 1.97. The Morgan fingerprint density at radius 2 is 1.42 bits per heavy atom. The minimum absolute atomic E-state index is 0.0434. The summed E-state index contributed by atoms with van der Waals surface area (Å²) in [6.45, 7) is 0. The van der Waals surface area contributed by atoms with Crippen LogP contribution in [0.25, 0.3) is 0 Å². The molecule has 0 bridgehead atoms. The van der Waals surface area contributed by atoms with Gasteiger partial charge in [-0.3, -0.25) is 4.79 Å². The van der Waals surface area contributed by atoms with Crippen LogP contribution in [0.5, 0.6) is 0 Å². The minimum Gasteiger partial charge on any atom is -0.289 e. The highest BCUT2D eigenvalue weighted by Crippen LogP contribution is 2.21. The summed E-state index contributed by atoms with van der Waals surface area (Å²) in [4.78, 5) is 12.9. The lowest BCUT2D eigenvalue weighted by Crippen LogP contribution is -1.92. The Morgan fingerprint density at radius 3 is 2.00 bits per heavy atom. The lowest BCUT2D eigenvalue weighted by Gasteiger charge is -1.97. The van der Waals surface area contributed by atoms with E-state index in [2.05, 4.69) is 0 Å². The molecule has 0 saturated heterocycles. The summed E-state index contributed by atoms with van der Waals surface area (Å²) >= 11 is 13.0. The van der Waals surface area contributed by atoms with Crippen molar-refractivity contribution in [2.75, 3.05) is 0 Å². The summed E-state index contributed by atoms with van der Waals surface area (Å²) in [5.41, 5.74) is 0.623. The Labute approximate surface area is 126 Å². The quantitative estimate of drug-likeness (QED) is 0.422. The summed E-state index contributed by atoms with van der Waals surface area (Å²) in [6, 6.07) is 14.3. The number of ketones is 1. The maximum Gasteiger partial charge on any atom is 0.186 e. The van der Waals surface area contributed by atoms with E-state index in [4.69, 9.17) is 23.2 Å². The Bertz CT molecular complexity index is 589. The van der Waals surface area contributed by atoms with Crippen LogP contribution in [0.4, 0.5) is 0 Å². The molecule has 0 aromatic heterocycles. The first-order chi connectivity index (χ1) is 9.15. The van der Waals surface area contributed by atoms with Gasteiger partial charge < -0.3 is 0 Å². The van der Waals surface area contributed by atoms with Crippen molar-refractivity contribution in [2.24, 2.45) is 0 Å². The van der Waals surface area contributed by atoms with Gasteiger partial charge in [0, 0.05) is 20.5 Å². The van der Waals surface area contributed by atoms with Crippen LogP contribution >= 0.6 is 35.0 Å². The number of thioether (sulfide) groups is 1. The summed E-state index contributed by atoms with van der Waals surface area (Å²) in [7, 11) is 0. The van der Waals surface area contributed by atoms with Crippen molar-refractivity contribution in [3.05, 3.63) is 75.6 Å². The van der Waals surface area contributed by atoms with Gasteiger partial charge in [-0.15, -0.1) is 0 Å². The molecule has 0 aliphatic rings. The van der Waals surface area contributed by atoms with Gasteiger partial charge >= 0.3 is 0 Å². The SMILES string of the molecule is O=C(/C=C/Sc1ccc(Cl)cc1)c1ccc(Cl)cc1. The van der Waals surface area contributed by atoms with E-state index in [0.717, 1.165) is 4.90 Å². The molecule has 1 nitrogen and oxygen atoms in total. The molecule has 0 aliphatic heterocycles. The average molecular weight is 309 g/mol. The smallest absolute Gasteiger partial charge is 0.186 e. The zero-order valence-electron chi connectivity index (χ0n) is 9.85. The standard InChI is InChI=1S/C15H10Cl2OS/c16-12-3-1-11(2-4-12)15(18)9-10-19-14-7-5-13(17)6-8-14/h1-10H/b10-9+. The molecule has 0 heterocycles. The van der Waals surface area contributed by atoms with Gasteiger partial charge in [0.15, 0.2) is 5.78 Å². The maximum absolute atomic E-state index is 11.8. The minimum atomic E-state index is -0.0434. The molecule has 2 rings (SSSR count). The first kappa shape index (κ1) is 14.2. The molecule has 0 spiro atoms. The topological polar surface area (TPSA) is 17.1 Å². The second-order valence-electron chi connectivity index (χ2n) is 3.75. The largest absolute Gasteiger partial charge is 0.289 e. The van der Waals surface area contributed by atoms with Crippen LogP contribution in [0.15, 0.2) is 64.9 Å². The Kier molecular flexibility index (Phi) is 5.08. The van der Waals surface area contributed by atoms with Crippen LogP contribution in [-0.2, 0) is 0 Å². The highest BCUT2D eigenvalue weighted by Gasteiger charge is 2.00. The molecular weight excluding hydrogens is 299 g/mol. The molecule has 0 saturated carbocycles. The molecule has 0 radical (unpaired) electrons. The van der Waals surface area contributed by atoms with Crippen molar-refractivity contribution in [3.8, 4) is 0 Å². The van der Waals surface area contributed by atoms with E-state index in [9.17, 15) is 4.79 Å². The van der Waals surface area contributed by atoms with Gasteiger partial charge in [0.25, 0.3) is 0 Å². The number of allylic oxidation sites excluding steroid dienone is 1. The third kappa shape index (κ3) is 4.43. The zero-order chi connectivity index (χ0) is 13.7. The third-order valence-electron chi connectivity index (χ3n) is 2.37. The fourth-order valence-electron chi connectivity index (χ4n) is 1.40. The fraction of sp³-hybridized carbons (Fsp3) is 0. The first-order valence-corrected chi connectivity index (χ1v) is 7.17. The van der Waals surface area contributed by atoms with Gasteiger partial charge in [-0.05, 0) is 60.0 Å². The number of carbonyl (C=O) groups is 1. The predicted octanol–water partition coefficient (Wildman–Crippen LogP) is 5.48. The molecule has 0 fully saturated rings. The van der Waals surface area contributed by atoms with Crippen molar-refractivity contribution in [1.29, 1.82) is 0 Å². The van der Waals surface area contributed by atoms with E-state index in [1.807, 2.05) is 24.3 Å². The molecule has 96 valence electrons. The average Bonchev–Trinajstić information content (AvgIpc) is 2.41. The molecule has 2 aromatic rings. The molecule has 19 heavy (non-hydrogen) atoms. The summed E-state index contributed by atoms with van der Waals surface area (Å²) in [6.07, 6.45) is 1.54. The number of halogens is 2. The summed E-state index contributed by atoms with van der Waals surface area (Å²) in [5, 5.41) is 3.09. The van der Waals surface area contributed by atoms with Crippen LogP contribution < -0.4 is 0 Å². The molecule has 0 aliphatic carbocycles. The molecule has 0 N–H and O–H groups in total. The number of hydrogen-bond donors (Lipinski definition) is 0. The highest BCUT2D eigenvalue weighted by atomic mass is 35.5. The van der Waals surface area contributed by atoms with E-state index in [0.29, 0.717) is 15.6 Å². The molecule has 0 amide bonds. The number of benzene rings is 2. The zero-order valence-corrected chi connectivity index (χ0v) is 12.2. The van der Waals surface area contributed by atoms with Crippen molar-refractivity contribution in [1.82, 2.24) is 0 Å². The lowest BCUT2D eigenvalue weighted by molar-refractivity contribution is 0.104. The molecule has 4 heteroatoms. The second kappa shape index (κ2) is 6.80. The van der Waals surface area contributed by atoms with E-state index < -0.39 is 0 Å². The molecular formula is C15H10Cl2OS. The van der Waals surface area contributed by atoms with Crippen LogP contribution in [0.2, 0.25) is 10.0 Å². The van der Waals surface area contributed by atoms with Gasteiger partial charge in [0.2, 0.25) is 0 Å². The van der Waals surface area contributed by atoms with Crippen molar-refractivity contribution in [3.63, 3.8) is 0 Å². The van der Waals surface area contributed by atoms with Gasteiger partial charge in [0.05, 0.1) is 0 Å². The Morgan fingerprint density at radius 1 is 0.895 bits per heavy atom. The lowest BCUT2D eigenvalue weighted by atomic mass is 10.1. The fourth-order valence-corrected chi connectivity index (χ4v) is 2.29. The second-order valence-corrected chi connectivity index (χ2v) is 5.60. The van der Waals surface area contributed by atoms with Crippen molar-refractivity contribution < 1.29 is 4.79 Å². The first-order valence-electron chi connectivity index (χ1n) is 5.54. The van der Waals surface area contributed by atoms with E-state index in [-0.39, 0.29) is 5.78 Å². The third-order valence-corrected chi connectivity index (χ3v) is 3.69. The maximum atomic E-state index is 11.8. The van der Waals surface area contributed by atoms with Crippen molar-refractivity contribution in [2.45, 2.75) is 4.90 Å². The summed E-state index contributed by atoms with van der Waals surface area (Å²) < 4.78 is 0. The van der Waals surface area contributed by atoms with Gasteiger partial charge in [-0.2, -0.15) is 0 Å². The van der Waals surface area contributed by atoms with Gasteiger partial charge in [0.1, 0.15) is 0 Å². The van der Waals surface area contributed by atoms with Crippen molar-refractivity contribution >= 4 is 40.7 Å². The highest BCUT2D eigenvalue weighted by molar-refractivity contribution is 8.02. The molecule has 0 atom stereocenters. The summed E-state index contributed by atoms with van der Waals surface area (Å²) in [5.74, 6) is -0.0434. The number of rotatable bonds is 4. The molecule has 0 unspecified atom stereocenters. The number of carbonyl (C=O) groups excluding carboxylic acids is 1. The Hall–Kier alpha value is -1.22. The normalized spacial score (nSPS) is 10.8.